The number of nitrogens with zero attached hydrogens (tertiary/aromatic N) is 1. The van der Waals surface area contributed by atoms with Crippen LogP contribution in [0.1, 0.15) is 30.8 Å². The number of rotatable bonds is 4. The average Bonchev–Trinajstić information content (AvgIpc) is 2.65. The van der Waals surface area contributed by atoms with E-state index in [0.717, 1.165) is 6.42 Å². The number of aromatic carboxylic acids is 1. The van der Waals surface area contributed by atoms with E-state index in [-0.39, 0.29) is 23.3 Å². The molecule has 1 unspecified atom stereocenters. The summed E-state index contributed by atoms with van der Waals surface area (Å²) in [6, 6.07) is 1.28. The Bertz CT molecular complexity index is 372. The van der Waals surface area contributed by atoms with Gasteiger partial charge in [0.2, 0.25) is 5.91 Å². The lowest BCUT2D eigenvalue weighted by Crippen LogP contribution is -2.19. The SMILES string of the molecule is CCC(C)C(=O)Nc1cc(C(=O)O)[nH]n1. The van der Waals surface area contributed by atoms with E-state index in [1.165, 1.54) is 6.07 Å². The molecule has 82 valence electrons. The van der Waals surface area contributed by atoms with Crippen LogP contribution in [0.3, 0.4) is 0 Å². The number of aromatic nitrogens is 2. The molecule has 0 aromatic carbocycles. The van der Waals surface area contributed by atoms with Crippen molar-refractivity contribution in [1.82, 2.24) is 10.2 Å². The van der Waals surface area contributed by atoms with E-state index in [1.54, 1.807) is 6.92 Å². The predicted molar refractivity (Wildman–Crippen MR) is 53.6 cm³/mol. The molecule has 3 N–H and O–H groups in total. The van der Waals surface area contributed by atoms with Crippen LogP contribution in [-0.4, -0.2) is 27.2 Å². The highest BCUT2D eigenvalue weighted by molar-refractivity contribution is 5.93. The van der Waals surface area contributed by atoms with Gasteiger partial charge in [0.15, 0.2) is 5.82 Å². The van der Waals surface area contributed by atoms with E-state index >= 15 is 0 Å². The number of H-pyrrole nitrogens is 1. The van der Waals surface area contributed by atoms with Crippen LogP contribution in [0.25, 0.3) is 0 Å². The van der Waals surface area contributed by atoms with Crippen molar-refractivity contribution < 1.29 is 14.7 Å². The smallest absolute Gasteiger partial charge is 0.353 e. The van der Waals surface area contributed by atoms with Crippen LogP contribution >= 0.6 is 0 Å². The lowest BCUT2D eigenvalue weighted by atomic mass is 10.1. The molecule has 1 rings (SSSR count). The maximum Gasteiger partial charge on any atom is 0.353 e. The van der Waals surface area contributed by atoms with Crippen LogP contribution in [0, 0.1) is 5.92 Å². The van der Waals surface area contributed by atoms with E-state index in [4.69, 9.17) is 5.11 Å². The first-order valence-corrected chi connectivity index (χ1v) is 4.64. The Balaban J connectivity index is 2.65. The molecular weight excluding hydrogens is 198 g/mol. The van der Waals surface area contributed by atoms with Gasteiger partial charge in [-0.3, -0.25) is 9.89 Å². The zero-order valence-corrected chi connectivity index (χ0v) is 8.57. The van der Waals surface area contributed by atoms with E-state index in [1.807, 2.05) is 6.92 Å². The monoisotopic (exact) mass is 211 g/mol. The fourth-order valence-corrected chi connectivity index (χ4v) is 0.930. The summed E-state index contributed by atoms with van der Waals surface area (Å²) in [5, 5.41) is 17.1. The third-order valence-corrected chi connectivity index (χ3v) is 2.12. The summed E-state index contributed by atoms with van der Waals surface area (Å²) >= 11 is 0. The minimum Gasteiger partial charge on any atom is -0.477 e. The second kappa shape index (κ2) is 4.59. The molecule has 6 nitrogen and oxygen atoms in total. The lowest BCUT2D eigenvalue weighted by molar-refractivity contribution is -0.119. The quantitative estimate of drug-likeness (QED) is 0.694. The summed E-state index contributed by atoms with van der Waals surface area (Å²) in [5.41, 5.74) is -0.0468. The highest BCUT2D eigenvalue weighted by atomic mass is 16.4. The number of nitrogens with one attached hydrogen (secondary N) is 2. The second-order valence-corrected chi connectivity index (χ2v) is 3.27. The van der Waals surface area contributed by atoms with Gasteiger partial charge in [0.05, 0.1) is 0 Å². The van der Waals surface area contributed by atoms with Gasteiger partial charge < -0.3 is 10.4 Å². The largest absolute Gasteiger partial charge is 0.477 e. The van der Waals surface area contributed by atoms with Crippen molar-refractivity contribution in [2.45, 2.75) is 20.3 Å². The fourth-order valence-electron chi connectivity index (χ4n) is 0.930. The number of hydrogen-bond donors (Lipinski definition) is 3. The van der Waals surface area contributed by atoms with Gasteiger partial charge in [0, 0.05) is 12.0 Å². The summed E-state index contributed by atoms with van der Waals surface area (Å²) in [7, 11) is 0. The minimum atomic E-state index is -1.11. The van der Waals surface area contributed by atoms with Gasteiger partial charge in [0.1, 0.15) is 5.69 Å². The molecule has 1 aromatic rings. The zero-order valence-electron chi connectivity index (χ0n) is 8.57. The van der Waals surface area contributed by atoms with Crippen molar-refractivity contribution in [3.05, 3.63) is 11.8 Å². The van der Waals surface area contributed by atoms with E-state index in [0.29, 0.717) is 0 Å². The molecule has 0 bridgehead atoms. The molecule has 1 heterocycles. The highest BCUT2D eigenvalue weighted by Crippen LogP contribution is 2.08. The first-order valence-electron chi connectivity index (χ1n) is 4.64. The Morgan fingerprint density at radius 3 is 2.80 bits per heavy atom. The molecule has 0 saturated heterocycles. The Labute approximate surface area is 86.7 Å². The van der Waals surface area contributed by atoms with Crippen molar-refractivity contribution in [3.63, 3.8) is 0 Å². The molecule has 0 aliphatic carbocycles. The Morgan fingerprint density at radius 2 is 2.33 bits per heavy atom. The van der Waals surface area contributed by atoms with Gasteiger partial charge in [0.25, 0.3) is 0 Å². The maximum atomic E-state index is 11.4. The molecule has 0 radical (unpaired) electrons. The van der Waals surface area contributed by atoms with Crippen LogP contribution in [0.5, 0.6) is 0 Å². The van der Waals surface area contributed by atoms with Gasteiger partial charge in [-0.25, -0.2) is 4.79 Å². The Hall–Kier alpha value is -1.85. The standard InChI is InChI=1S/C9H13N3O3/c1-3-5(2)8(13)10-7-4-6(9(14)15)11-12-7/h4-5H,3H2,1-2H3,(H,14,15)(H2,10,11,12,13). The molecule has 0 saturated carbocycles. The van der Waals surface area contributed by atoms with Crippen molar-refractivity contribution >= 4 is 17.7 Å². The van der Waals surface area contributed by atoms with Crippen LogP contribution in [-0.2, 0) is 4.79 Å². The number of amides is 1. The van der Waals surface area contributed by atoms with Crippen molar-refractivity contribution in [2.75, 3.05) is 5.32 Å². The summed E-state index contributed by atoms with van der Waals surface area (Å²) in [5.74, 6) is -1.15. The summed E-state index contributed by atoms with van der Waals surface area (Å²) in [4.78, 5) is 21.9. The number of hydrogen-bond acceptors (Lipinski definition) is 3. The van der Waals surface area contributed by atoms with Crippen molar-refractivity contribution in [3.8, 4) is 0 Å². The Morgan fingerprint density at radius 1 is 1.67 bits per heavy atom. The lowest BCUT2D eigenvalue weighted by Gasteiger charge is -2.06. The number of carbonyl (C=O) groups is 2. The molecule has 1 amide bonds. The normalized spacial score (nSPS) is 12.1. The van der Waals surface area contributed by atoms with Crippen LogP contribution in [0.4, 0.5) is 5.82 Å². The first-order chi connectivity index (χ1) is 7.04. The molecule has 6 heteroatoms. The molecule has 1 atom stereocenters. The highest BCUT2D eigenvalue weighted by Gasteiger charge is 2.13. The third-order valence-electron chi connectivity index (χ3n) is 2.12. The van der Waals surface area contributed by atoms with Gasteiger partial charge in [-0.15, -0.1) is 0 Å². The van der Waals surface area contributed by atoms with Gasteiger partial charge in [-0.2, -0.15) is 5.10 Å². The van der Waals surface area contributed by atoms with Gasteiger partial charge >= 0.3 is 5.97 Å². The molecule has 0 fully saturated rings. The van der Waals surface area contributed by atoms with Gasteiger partial charge in [-0.05, 0) is 6.42 Å². The minimum absolute atomic E-state index is 0.0468. The van der Waals surface area contributed by atoms with Crippen LogP contribution < -0.4 is 5.32 Å². The van der Waals surface area contributed by atoms with Crippen LogP contribution in [0.2, 0.25) is 0 Å². The van der Waals surface area contributed by atoms with Crippen molar-refractivity contribution in [1.29, 1.82) is 0 Å². The zero-order chi connectivity index (χ0) is 11.4. The van der Waals surface area contributed by atoms with E-state index < -0.39 is 5.97 Å². The summed E-state index contributed by atoms with van der Waals surface area (Å²) in [6.07, 6.45) is 0.724. The fraction of sp³-hybridized carbons (Fsp3) is 0.444. The average molecular weight is 211 g/mol. The number of carboxylic acid groups (broad SMARTS) is 1. The third kappa shape index (κ3) is 2.80. The summed E-state index contributed by atoms with van der Waals surface area (Å²) in [6.45, 7) is 3.69. The first kappa shape index (κ1) is 11.2. The molecular formula is C9H13N3O3. The number of aromatic amines is 1. The molecule has 0 aliphatic rings. The van der Waals surface area contributed by atoms with E-state index in [2.05, 4.69) is 15.5 Å². The number of carboxylic acids is 1. The topological polar surface area (TPSA) is 95.1 Å². The number of carbonyl (C=O) groups excluding carboxylic acids is 1. The molecule has 15 heavy (non-hydrogen) atoms. The molecule has 0 spiro atoms. The number of anilines is 1. The molecule has 0 aliphatic heterocycles. The summed E-state index contributed by atoms with van der Waals surface area (Å²) < 4.78 is 0. The predicted octanol–water partition coefficient (Wildman–Crippen LogP) is 1.09. The van der Waals surface area contributed by atoms with Crippen LogP contribution in [0.15, 0.2) is 6.07 Å². The maximum absolute atomic E-state index is 11.4. The second-order valence-electron chi connectivity index (χ2n) is 3.27. The van der Waals surface area contributed by atoms with E-state index in [9.17, 15) is 9.59 Å². The van der Waals surface area contributed by atoms with Gasteiger partial charge in [-0.1, -0.05) is 13.8 Å². The Kier molecular flexibility index (Phi) is 3.43. The molecule has 1 aromatic heterocycles. The van der Waals surface area contributed by atoms with Crippen molar-refractivity contribution in [2.24, 2.45) is 5.92 Å².